The molecule has 0 atom stereocenters. The number of nitrogens with one attached hydrogen (secondary N) is 1. The van der Waals surface area contributed by atoms with E-state index in [1.807, 2.05) is 13.1 Å². The maximum atomic E-state index is 4.47. The van der Waals surface area contributed by atoms with Gasteiger partial charge < -0.3 is 5.32 Å². The first kappa shape index (κ1) is 12.0. The number of thiophene rings is 1. The van der Waals surface area contributed by atoms with Crippen molar-refractivity contribution in [2.45, 2.75) is 33.2 Å². The van der Waals surface area contributed by atoms with Gasteiger partial charge in [-0.2, -0.15) is 11.3 Å². The molecule has 0 fully saturated rings. The summed E-state index contributed by atoms with van der Waals surface area (Å²) in [6.07, 6.45) is 4.06. The lowest BCUT2D eigenvalue weighted by molar-refractivity contribution is 0.886. The highest BCUT2D eigenvalue weighted by molar-refractivity contribution is 7.07. The minimum absolute atomic E-state index is 0.817. The van der Waals surface area contributed by atoms with Gasteiger partial charge in [-0.1, -0.05) is 13.3 Å². The highest BCUT2D eigenvalue weighted by Crippen LogP contribution is 2.15. The fraction of sp³-hybridized carbons (Fsp3) is 0.385. The van der Waals surface area contributed by atoms with Crippen LogP contribution in [0.2, 0.25) is 0 Å². The van der Waals surface area contributed by atoms with Gasteiger partial charge in [-0.25, -0.2) is 9.97 Å². The van der Waals surface area contributed by atoms with Crippen LogP contribution in [0, 0.1) is 6.92 Å². The van der Waals surface area contributed by atoms with Gasteiger partial charge in [0.1, 0.15) is 11.6 Å². The molecule has 0 aliphatic heterocycles. The van der Waals surface area contributed by atoms with Crippen LogP contribution in [0.25, 0.3) is 0 Å². The van der Waals surface area contributed by atoms with Crippen molar-refractivity contribution in [2.24, 2.45) is 0 Å². The number of nitrogens with zero attached hydrogens (tertiary/aromatic N) is 2. The highest BCUT2D eigenvalue weighted by atomic mass is 32.1. The van der Waals surface area contributed by atoms with E-state index in [0.29, 0.717) is 0 Å². The molecular weight excluding hydrogens is 230 g/mol. The summed E-state index contributed by atoms with van der Waals surface area (Å²) >= 11 is 1.72. The van der Waals surface area contributed by atoms with Crippen LogP contribution < -0.4 is 5.32 Å². The molecule has 17 heavy (non-hydrogen) atoms. The van der Waals surface area contributed by atoms with Crippen LogP contribution in [-0.2, 0) is 13.0 Å². The minimum atomic E-state index is 0.817. The maximum Gasteiger partial charge on any atom is 0.133 e. The van der Waals surface area contributed by atoms with Crippen LogP contribution in [-0.4, -0.2) is 9.97 Å². The van der Waals surface area contributed by atoms with Crippen LogP contribution in [0.1, 0.15) is 30.3 Å². The van der Waals surface area contributed by atoms with Gasteiger partial charge in [-0.3, -0.25) is 0 Å². The van der Waals surface area contributed by atoms with E-state index in [0.717, 1.165) is 31.0 Å². The van der Waals surface area contributed by atoms with Gasteiger partial charge in [-0.15, -0.1) is 0 Å². The first-order chi connectivity index (χ1) is 8.29. The van der Waals surface area contributed by atoms with Gasteiger partial charge in [0.05, 0.1) is 0 Å². The summed E-state index contributed by atoms with van der Waals surface area (Å²) < 4.78 is 0. The lowest BCUT2D eigenvalue weighted by atomic mass is 10.2. The fourth-order valence-corrected chi connectivity index (χ4v) is 2.35. The van der Waals surface area contributed by atoms with E-state index in [1.165, 1.54) is 11.1 Å². The second kappa shape index (κ2) is 5.77. The Bertz CT molecular complexity index is 466. The zero-order chi connectivity index (χ0) is 12.1. The Kier molecular flexibility index (Phi) is 4.09. The number of rotatable bonds is 5. The molecule has 0 spiro atoms. The number of hydrogen-bond acceptors (Lipinski definition) is 4. The van der Waals surface area contributed by atoms with Gasteiger partial charge in [-0.05, 0) is 35.7 Å². The molecule has 1 N–H and O–H groups in total. The lowest BCUT2D eigenvalue weighted by Crippen LogP contribution is -2.06. The maximum absolute atomic E-state index is 4.47. The van der Waals surface area contributed by atoms with E-state index in [-0.39, 0.29) is 0 Å². The van der Waals surface area contributed by atoms with Gasteiger partial charge >= 0.3 is 0 Å². The van der Waals surface area contributed by atoms with Crippen LogP contribution in [0.3, 0.4) is 0 Å². The highest BCUT2D eigenvalue weighted by Gasteiger charge is 2.04. The van der Waals surface area contributed by atoms with Crippen LogP contribution in [0.15, 0.2) is 23.0 Å². The fourth-order valence-electron chi connectivity index (χ4n) is 1.68. The number of hydrogen-bond donors (Lipinski definition) is 1. The molecule has 0 saturated heterocycles. The zero-order valence-electron chi connectivity index (χ0n) is 10.2. The summed E-state index contributed by atoms with van der Waals surface area (Å²) in [4.78, 5) is 8.73. The summed E-state index contributed by atoms with van der Waals surface area (Å²) in [6, 6.07) is 2.13. The molecule has 0 saturated carbocycles. The summed E-state index contributed by atoms with van der Waals surface area (Å²) in [7, 11) is 0. The van der Waals surface area contributed by atoms with Crippen molar-refractivity contribution in [2.75, 3.05) is 5.32 Å². The third-order valence-electron chi connectivity index (χ3n) is 2.54. The molecule has 2 aromatic heterocycles. The third-order valence-corrected chi connectivity index (χ3v) is 3.28. The molecule has 0 unspecified atom stereocenters. The monoisotopic (exact) mass is 247 g/mol. The second-order valence-electron chi connectivity index (χ2n) is 4.03. The minimum Gasteiger partial charge on any atom is -0.366 e. The predicted molar refractivity (Wildman–Crippen MR) is 72.4 cm³/mol. The SMILES string of the molecule is CCCc1cnc(C)nc1NCc1ccsc1. The third kappa shape index (κ3) is 3.27. The van der Waals surface area contributed by atoms with Crippen molar-refractivity contribution in [1.82, 2.24) is 9.97 Å². The zero-order valence-corrected chi connectivity index (χ0v) is 11.0. The molecule has 3 nitrogen and oxygen atoms in total. The molecule has 2 rings (SSSR count). The van der Waals surface area contributed by atoms with Crippen molar-refractivity contribution in [3.8, 4) is 0 Å². The summed E-state index contributed by atoms with van der Waals surface area (Å²) in [5.74, 6) is 1.79. The van der Waals surface area contributed by atoms with Crippen LogP contribution in [0.5, 0.6) is 0 Å². The first-order valence-corrected chi connectivity index (χ1v) is 6.81. The molecule has 0 aromatic carbocycles. The average Bonchev–Trinajstić information content (AvgIpc) is 2.82. The Morgan fingerprint density at radius 1 is 1.41 bits per heavy atom. The molecule has 0 amide bonds. The molecule has 2 aromatic rings. The van der Waals surface area contributed by atoms with Crippen molar-refractivity contribution < 1.29 is 0 Å². The Balaban J connectivity index is 2.10. The summed E-state index contributed by atoms with van der Waals surface area (Å²) in [5.41, 5.74) is 2.50. The summed E-state index contributed by atoms with van der Waals surface area (Å²) in [6.45, 7) is 4.92. The van der Waals surface area contributed by atoms with Crippen molar-refractivity contribution >= 4 is 17.2 Å². The Hall–Kier alpha value is -1.42. The van der Waals surface area contributed by atoms with Crippen molar-refractivity contribution in [1.29, 1.82) is 0 Å². The molecule has 0 bridgehead atoms. The lowest BCUT2D eigenvalue weighted by Gasteiger charge is -2.10. The first-order valence-electron chi connectivity index (χ1n) is 5.87. The molecule has 4 heteroatoms. The quantitative estimate of drug-likeness (QED) is 0.879. The van der Waals surface area contributed by atoms with Gasteiger partial charge in [0.15, 0.2) is 0 Å². The van der Waals surface area contributed by atoms with Gasteiger partial charge in [0, 0.05) is 18.3 Å². The van der Waals surface area contributed by atoms with Gasteiger partial charge in [0.25, 0.3) is 0 Å². The smallest absolute Gasteiger partial charge is 0.133 e. The van der Waals surface area contributed by atoms with Gasteiger partial charge in [0.2, 0.25) is 0 Å². The Morgan fingerprint density at radius 3 is 3.00 bits per heavy atom. The van der Waals surface area contributed by atoms with E-state index in [9.17, 15) is 0 Å². The number of aryl methyl sites for hydroxylation is 2. The number of anilines is 1. The standard InChI is InChI=1S/C13H17N3S/c1-3-4-12-8-14-10(2)16-13(12)15-7-11-5-6-17-9-11/h5-6,8-9H,3-4,7H2,1-2H3,(H,14,15,16). The average molecular weight is 247 g/mol. The molecular formula is C13H17N3S. The summed E-state index contributed by atoms with van der Waals surface area (Å²) in [5, 5.41) is 7.64. The molecule has 90 valence electrons. The van der Waals surface area contributed by atoms with E-state index >= 15 is 0 Å². The molecule has 0 aliphatic carbocycles. The second-order valence-corrected chi connectivity index (χ2v) is 4.81. The van der Waals surface area contributed by atoms with E-state index in [2.05, 4.69) is 39.0 Å². The number of aromatic nitrogens is 2. The molecule has 0 aliphatic rings. The van der Waals surface area contributed by atoms with Crippen LogP contribution >= 0.6 is 11.3 Å². The van der Waals surface area contributed by atoms with Crippen molar-refractivity contribution in [3.05, 3.63) is 40.0 Å². The van der Waals surface area contributed by atoms with E-state index < -0.39 is 0 Å². The largest absolute Gasteiger partial charge is 0.366 e. The molecule has 2 heterocycles. The molecule has 0 radical (unpaired) electrons. The van der Waals surface area contributed by atoms with E-state index in [1.54, 1.807) is 11.3 Å². The topological polar surface area (TPSA) is 37.8 Å². The predicted octanol–water partition coefficient (Wildman–Crippen LogP) is 3.41. The van der Waals surface area contributed by atoms with E-state index in [4.69, 9.17) is 0 Å². The van der Waals surface area contributed by atoms with Crippen molar-refractivity contribution in [3.63, 3.8) is 0 Å². The Morgan fingerprint density at radius 2 is 2.29 bits per heavy atom. The normalized spacial score (nSPS) is 10.5. The van der Waals surface area contributed by atoms with Crippen LogP contribution in [0.4, 0.5) is 5.82 Å². The Labute approximate surface area is 106 Å².